The van der Waals surface area contributed by atoms with E-state index in [2.05, 4.69) is 14.9 Å². The second kappa shape index (κ2) is 14.9. The van der Waals surface area contributed by atoms with Gasteiger partial charge in [-0.1, -0.05) is 36.4 Å². The summed E-state index contributed by atoms with van der Waals surface area (Å²) in [6, 6.07) is 16.7. The highest BCUT2D eigenvalue weighted by Gasteiger charge is 2.42. The molecule has 12 nitrogen and oxygen atoms in total. The summed E-state index contributed by atoms with van der Waals surface area (Å²) in [6.07, 6.45) is 1.33. The fourth-order valence-corrected chi connectivity index (χ4v) is 5.77. The highest BCUT2D eigenvalue weighted by atomic mass is 16.6. The van der Waals surface area contributed by atoms with Gasteiger partial charge < -0.3 is 28.8 Å². The number of methoxy groups -OCH3 is 1. The van der Waals surface area contributed by atoms with E-state index in [1.54, 1.807) is 27.0 Å². The van der Waals surface area contributed by atoms with Crippen molar-refractivity contribution in [1.29, 1.82) is 0 Å². The van der Waals surface area contributed by atoms with Crippen molar-refractivity contribution in [3.05, 3.63) is 72.2 Å². The lowest BCUT2D eigenvalue weighted by Crippen LogP contribution is -2.44. The van der Waals surface area contributed by atoms with Gasteiger partial charge in [0.15, 0.2) is 5.65 Å². The number of nitrogens with one attached hydrogen (secondary N) is 1. The number of esters is 1. The van der Waals surface area contributed by atoms with Gasteiger partial charge in [-0.15, -0.1) is 0 Å². The molecule has 1 unspecified atom stereocenters. The van der Waals surface area contributed by atoms with Gasteiger partial charge >= 0.3 is 12.1 Å². The predicted molar refractivity (Wildman–Crippen MR) is 178 cm³/mol. The number of carbonyl (C=O) groups excluding carboxylic acids is 2. The number of rotatable bonds is 12. The van der Waals surface area contributed by atoms with Crippen LogP contribution in [0.15, 0.2) is 60.8 Å². The Morgan fingerprint density at radius 1 is 1.06 bits per heavy atom. The molecule has 0 spiro atoms. The lowest BCUT2D eigenvalue weighted by molar-refractivity contribution is -0.145. The van der Waals surface area contributed by atoms with Crippen molar-refractivity contribution >= 4 is 29.0 Å². The molecule has 0 bridgehead atoms. The molecule has 1 aliphatic rings. The van der Waals surface area contributed by atoms with Gasteiger partial charge in [0.1, 0.15) is 23.3 Å². The van der Waals surface area contributed by atoms with E-state index in [1.807, 2.05) is 68.4 Å². The number of ether oxygens (including phenoxy) is 4. The smallest absolute Gasteiger partial charge is 0.411 e. The molecule has 1 saturated heterocycles. The predicted octanol–water partition coefficient (Wildman–Crippen LogP) is 5.39. The van der Waals surface area contributed by atoms with Crippen LogP contribution >= 0.6 is 0 Å². The Morgan fingerprint density at radius 3 is 2.57 bits per heavy atom. The summed E-state index contributed by atoms with van der Waals surface area (Å²) >= 11 is 0. The number of hydrogen-bond donors (Lipinski definition) is 1. The summed E-state index contributed by atoms with van der Waals surface area (Å²) in [5, 5.41) is 3.42. The second-order valence-electron chi connectivity index (χ2n) is 12.5. The van der Waals surface area contributed by atoms with Gasteiger partial charge in [0.05, 0.1) is 44.2 Å². The Bertz CT molecular complexity index is 1670. The number of imidazole rings is 1. The molecular weight excluding hydrogens is 600 g/mol. The van der Waals surface area contributed by atoms with Crippen LogP contribution in [0.4, 0.5) is 10.6 Å². The molecule has 250 valence electrons. The Balaban J connectivity index is 1.36. The minimum atomic E-state index is -0.761. The molecular formula is C35H44N6O6. The zero-order valence-electron chi connectivity index (χ0n) is 27.9. The SMILES string of the molecule is CCOC(COCc1ccccc1)Cn1c(C)nc2nccc(-c3cccc(N[C@H]4C[C@@H](C(=O)OC)N(C(=O)OC(C)(C)C)C4)n3)c21. The van der Waals surface area contributed by atoms with E-state index in [4.69, 9.17) is 28.9 Å². The van der Waals surface area contributed by atoms with E-state index in [9.17, 15) is 9.59 Å². The van der Waals surface area contributed by atoms with Gasteiger partial charge in [-0.2, -0.15) is 0 Å². The molecule has 1 aromatic carbocycles. The molecule has 47 heavy (non-hydrogen) atoms. The Hall–Kier alpha value is -4.55. The van der Waals surface area contributed by atoms with Gasteiger partial charge in [-0.25, -0.2) is 24.5 Å². The minimum Gasteiger partial charge on any atom is -0.467 e. The van der Waals surface area contributed by atoms with Crippen molar-refractivity contribution in [3.8, 4) is 11.3 Å². The van der Waals surface area contributed by atoms with Crippen LogP contribution in [0.1, 0.15) is 45.5 Å². The number of likely N-dealkylation sites (tertiary alicyclic amines) is 1. The van der Waals surface area contributed by atoms with Gasteiger partial charge in [0.2, 0.25) is 0 Å². The van der Waals surface area contributed by atoms with Crippen molar-refractivity contribution in [2.24, 2.45) is 0 Å². The second-order valence-corrected chi connectivity index (χ2v) is 12.5. The number of aromatic nitrogens is 4. The fourth-order valence-electron chi connectivity index (χ4n) is 5.77. The van der Waals surface area contributed by atoms with Crippen LogP contribution in [0, 0.1) is 6.92 Å². The van der Waals surface area contributed by atoms with E-state index in [-0.39, 0.29) is 18.7 Å². The van der Waals surface area contributed by atoms with Crippen molar-refractivity contribution in [3.63, 3.8) is 0 Å². The third-order valence-electron chi connectivity index (χ3n) is 7.82. The Morgan fingerprint density at radius 2 is 1.85 bits per heavy atom. The molecule has 1 amide bonds. The van der Waals surface area contributed by atoms with Crippen LogP contribution in [0.5, 0.6) is 0 Å². The average Bonchev–Trinajstić information content (AvgIpc) is 3.61. The number of hydrogen-bond acceptors (Lipinski definition) is 10. The number of aryl methyl sites for hydroxylation is 1. The summed E-state index contributed by atoms with van der Waals surface area (Å²) < 4.78 is 24.8. The van der Waals surface area contributed by atoms with Crippen LogP contribution in [-0.4, -0.2) is 87.1 Å². The Kier molecular flexibility index (Phi) is 10.7. The third kappa shape index (κ3) is 8.44. The molecule has 1 N–H and O–H groups in total. The summed E-state index contributed by atoms with van der Waals surface area (Å²) in [5.74, 6) is 0.931. The lowest BCUT2D eigenvalue weighted by Gasteiger charge is -2.27. The fraction of sp³-hybridized carbons (Fsp3) is 0.457. The van der Waals surface area contributed by atoms with E-state index in [1.165, 1.54) is 12.0 Å². The van der Waals surface area contributed by atoms with Crippen molar-refractivity contribution in [2.75, 3.05) is 32.2 Å². The van der Waals surface area contributed by atoms with Gasteiger partial charge in [-0.05, 0) is 58.4 Å². The monoisotopic (exact) mass is 644 g/mol. The molecule has 4 heterocycles. The molecule has 1 fully saturated rings. The molecule has 4 aromatic rings. The maximum Gasteiger partial charge on any atom is 0.411 e. The zero-order chi connectivity index (χ0) is 33.6. The summed E-state index contributed by atoms with van der Waals surface area (Å²) in [7, 11) is 1.32. The largest absolute Gasteiger partial charge is 0.467 e. The third-order valence-corrected chi connectivity index (χ3v) is 7.82. The number of anilines is 1. The number of pyridine rings is 2. The normalized spacial score (nSPS) is 17.1. The minimum absolute atomic E-state index is 0.202. The van der Waals surface area contributed by atoms with Crippen LogP contribution in [0.2, 0.25) is 0 Å². The number of fused-ring (bicyclic) bond motifs is 1. The molecule has 3 aromatic heterocycles. The summed E-state index contributed by atoms with van der Waals surface area (Å²) in [6.45, 7) is 11.6. The van der Waals surface area contributed by atoms with Gasteiger partial charge in [0, 0.05) is 37.4 Å². The van der Waals surface area contributed by atoms with Crippen LogP contribution in [-0.2, 0) is 36.9 Å². The molecule has 3 atom stereocenters. The first kappa shape index (κ1) is 33.8. The van der Waals surface area contributed by atoms with Crippen LogP contribution in [0.25, 0.3) is 22.4 Å². The molecule has 5 rings (SSSR count). The first-order valence-electron chi connectivity index (χ1n) is 15.9. The maximum atomic E-state index is 12.9. The first-order chi connectivity index (χ1) is 22.6. The molecule has 0 aliphatic carbocycles. The summed E-state index contributed by atoms with van der Waals surface area (Å²) in [4.78, 5) is 41.2. The van der Waals surface area contributed by atoms with E-state index in [0.29, 0.717) is 44.3 Å². The maximum absolute atomic E-state index is 12.9. The lowest BCUT2D eigenvalue weighted by atomic mass is 10.1. The quantitative estimate of drug-likeness (QED) is 0.201. The van der Waals surface area contributed by atoms with Crippen molar-refractivity contribution in [1.82, 2.24) is 24.4 Å². The summed E-state index contributed by atoms with van der Waals surface area (Å²) in [5.41, 5.74) is 3.47. The highest BCUT2D eigenvalue weighted by Crippen LogP contribution is 2.30. The average molecular weight is 645 g/mol. The van der Waals surface area contributed by atoms with Gasteiger partial charge in [-0.3, -0.25) is 4.90 Å². The standard InChI is InChI=1S/C35H44N6O6/c1-7-46-26(22-45-21-24-12-9-8-10-13-24)20-40-23(2)37-32-31(40)27(16-17-36-32)28-14-11-15-30(39-28)38-25-18-29(33(42)44-6)41(19-25)34(43)47-35(3,4)5/h8-17,25-26,29H,7,18-22H2,1-6H3,(H,38,39)/t25-,26?,29-/m0/s1. The zero-order valence-corrected chi connectivity index (χ0v) is 27.9. The molecule has 1 aliphatic heterocycles. The van der Waals surface area contributed by atoms with E-state index in [0.717, 1.165) is 28.2 Å². The number of benzene rings is 1. The van der Waals surface area contributed by atoms with Gasteiger partial charge in [0.25, 0.3) is 0 Å². The topological polar surface area (TPSA) is 130 Å². The van der Waals surface area contributed by atoms with Crippen LogP contribution < -0.4 is 5.32 Å². The Labute approximate surface area is 275 Å². The molecule has 0 saturated carbocycles. The van der Waals surface area contributed by atoms with E-state index < -0.39 is 23.7 Å². The number of nitrogens with zero attached hydrogens (tertiary/aromatic N) is 5. The molecule has 0 radical (unpaired) electrons. The van der Waals surface area contributed by atoms with E-state index >= 15 is 0 Å². The first-order valence-corrected chi connectivity index (χ1v) is 15.9. The number of amides is 1. The number of carbonyl (C=O) groups is 2. The van der Waals surface area contributed by atoms with Crippen molar-refractivity contribution in [2.45, 2.75) is 78.0 Å². The van der Waals surface area contributed by atoms with Crippen molar-refractivity contribution < 1.29 is 28.5 Å². The molecule has 12 heteroatoms. The highest BCUT2D eigenvalue weighted by molar-refractivity contribution is 5.89. The van der Waals surface area contributed by atoms with Crippen LogP contribution in [0.3, 0.4) is 0 Å².